The molecule has 2 N–H and O–H groups in total. The third-order valence-electron chi connectivity index (χ3n) is 4.79. The fraction of sp³-hybridized carbons (Fsp3) is 0.278. The number of anilines is 1. The van der Waals surface area contributed by atoms with Gasteiger partial charge in [-0.2, -0.15) is 5.10 Å². The lowest BCUT2D eigenvalue weighted by atomic mass is 10.1. The molecule has 6 heteroatoms. The van der Waals surface area contributed by atoms with Crippen molar-refractivity contribution in [3.63, 3.8) is 0 Å². The predicted octanol–water partition coefficient (Wildman–Crippen LogP) is 4.45. The molecule has 5 nitrogen and oxygen atoms in total. The van der Waals surface area contributed by atoms with E-state index in [4.69, 9.17) is 4.98 Å². The fourth-order valence-corrected chi connectivity index (χ4v) is 4.16. The van der Waals surface area contributed by atoms with Crippen LogP contribution in [0.5, 0.6) is 0 Å². The van der Waals surface area contributed by atoms with Crippen LogP contribution in [-0.2, 0) is 0 Å². The van der Waals surface area contributed by atoms with Crippen molar-refractivity contribution in [3.05, 3.63) is 36.0 Å². The van der Waals surface area contributed by atoms with Gasteiger partial charge in [-0.25, -0.2) is 9.97 Å². The van der Waals surface area contributed by atoms with Crippen molar-refractivity contribution in [2.75, 3.05) is 5.32 Å². The topological polar surface area (TPSA) is 66.5 Å². The van der Waals surface area contributed by atoms with Gasteiger partial charge in [-0.3, -0.25) is 5.10 Å². The summed E-state index contributed by atoms with van der Waals surface area (Å²) in [5, 5.41) is 15.1. The Morgan fingerprint density at radius 3 is 2.96 bits per heavy atom. The molecule has 1 atom stereocenters. The van der Waals surface area contributed by atoms with Gasteiger partial charge in [0.15, 0.2) is 5.82 Å². The number of pyridine rings is 1. The number of nitrogens with one attached hydrogen (secondary N) is 2. The van der Waals surface area contributed by atoms with Crippen LogP contribution in [0.3, 0.4) is 0 Å². The molecule has 1 aromatic carbocycles. The first-order valence-electron chi connectivity index (χ1n) is 8.23. The van der Waals surface area contributed by atoms with Gasteiger partial charge in [0.1, 0.15) is 12.1 Å². The molecule has 1 aliphatic rings. The van der Waals surface area contributed by atoms with E-state index in [1.54, 1.807) is 11.3 Å². The number of benzene rings is 1. The average Bonchev–Trinajstić information content (AvgIpc) is 3.10. The Labute approximate surface area is 143 Å². The van der Waals surface area contributed by atoms with E-state index >= 15 is 0 Å². The number of aromatic nitrogens is 4. The summed E-state index contributed by atoms with van der Waals surface area (Å²) in [6.07, 6.45) is 4.17. The summed E-state index contributed by atoms with van der Waals surface area (Å²) < 4.78 is 1.23. The van der Waals surface area contributed by atoms with Gasteiger partial charge in [0, 0.05) is 22.4 Å². The van der Waals surface area contributed by atoms with Crippen LogP contribution in [0, 0.1) is 5.92 Å². The molecule has 0 spiro atoms. The van der Waals surface area contributed by atoms with Crippen LogP contribution in [0.4, 0.5) is 5.82 Å². The highest BCUT2D eigenvalue weighted by Crippen LogP contribution is 2.39. The second kappa shape index (κ2) is 5.27. The molecule has 1 unspecified atom stereocenters. The van der Waals surface area contributed by atoms with Crippen LogP contribution in [0.2, 0.25) is 0 Å². The van der Waals surface area contributed by atoms with Gasteiger partial charge in [-0.1, -0.05) is 12.1 Å². The van der Waals surface area contributed by atoms with Crippen LogP contribution in [0.15, 0.2) is 36.0 Å². The molecule has 0 aliphatic heterocycles. The van der Waals surface area contributed by atoms with Crippen molar-refractivity contribution in [2.24, 2.45) is 5.92 Å². The Morgan fingerprint density at radius 2 is 2.17 bits per heavy atom. The van der Waals surface area contributed by atoms with Crippen molar-refractivity contribution in [2.45, 2.75) is 25.8 Å². The molecule has 0 saturated heterocycles. The van der Waals surface area contributed by atoms with Gasteiger partial charge in [0.2, 0.25) is 0 Å². The number of aromatic amines is 1. The molecular formula is C18H17N5S. The van der Waals surface area contributed by atoms with Crippen molar-refractivity contribution >= 4 is 38.1 Å². The summed E-state index contributed by atoms with van der Waals surface area (Å²) in [4.78, 5) is 9.30. The fourth-order valence-electron chi connectivity index (χ4n) is 3.30. The highest BCUT2D eigenvalue weighted by Gasteiger charge is 2.28. The first-order valence-corrected chi connectivity index (χ1v) is 9.11. The van der Waals surface area contributed by atoms with Crippen LogP contribution in [-0.4, -0.2) is 26.2 Å². The van der Waals surface area contributed by atoms with E-state index in [9.17, 15) is 0 Å². The minimum Gasteiger partial charge on any atom is -0.366 e. The van der Waals surface area contributed by atoms with Crippen molar-refractivity contribution in [3.8, 4) is 11.4 Å². The third-order valence-corrected chi connectivity index (χ3v) is 5.71. The maximum atomic E-state index is 4.99. The Hall–Kier alpha value is -2.47. The van der Waals surface area contributed by atoms with Crippen LogP contribution < -0.4 is 5.32 Å². The Balaban J connectivity index is 1.75. The largest absolute Gasteiger partial charge is 0.366 e. The smallest absolute Gasteiger partial charge is 0.157 e. The maximum absolute atomic E-state index is 4.99. The summed E-state index contributed by atoms with van der Waals surface area (Å²) >= 11 is 1.75. The zero-order chi connectivity index (χ0) is 16.1. The quantitative estimate of drug-likeness (QED) is 0.578. The molecule has 5 rings (SSSR count). The first kappa shape index (κ1) is 13.9. The summed E-state index contributed by atoms with van der Waals surface area (Å²) in [5.74, 6) is 2.52. The number of hydrogen-bond donors (Lipinski definition) is 2. The molecule has 1 fully saturated rings. The molecule has 120 valence electrons. The first-order chi connectivity index (χ1) is 11.8. The lowest BCUT2D eigenvalue weighted by Gasteiger charge is -2.16. The Kier molecular flexibility index (Phi) is 3.06. The Morgan fingerprint density at radius 1 is 1.25 bits per heavy atom. The molecule has 0 amide bonds. The zero-order valence-corrected chi connectivity index (χ0v) is 14.1. The second-order valence-electron chi connectivity index (χ2n) is 6.43. The van der Waals surface area contributed by atoms with Gasteiger partial charge in [-0.15, -0.1) is 11.3 Å². The van der Waals surface area contributed by atoms with Crippen molar-refractivity contribution in [1.82, 2.24) is 20.2 Å². The van der Waals surface area contributed by atoms with Crippen LogP contribution >= 0.6 is 11.3 Å². The van der Waals surface area contributed by atoms with E-state index in [0.717, 1.165) is 34.0 Å². The van der Waals surface area contributed by atoms with E-state index in [2.05, 4.69) is 51.0 Å². The lowest BCUT2D eigenvalue weighted by Crippen LogP contribution is -2.18. The molecule has 24 heavy (non-hydrogen) atoms. The molecule has 0 radical (unpaired) electrons. The summed E-state index contributed by atoms with van der Waals surface area (Å²) in [7, 11) is 0. The molecule has 3 heterocycles. The lowest BCUT2D eigenvalue weighted by molar-refractivity contribution is 0.692. The Bertz CT molecular complexity index is 1020. The monoisotopic (exact) mass is 335 g/mol. The van der Waals surface area contributed by atoms with E-state index < -0.39 is 0 Å². The van der Waals surface area contributed by atoms with Gasteiger partial charge in [0.05, 0.1) is 10.2 Å². The number of hydrogen-bond acceptors (Lipinski definition) is 5. The van der Waals surface area contributed by atoms with Gasteiger partial charge in [-0.05, 0) is 43.2 Å². The summed E-state index contributed by atoms with van der Waals surface area (Å²) in [6.45, 7) is 2.26. The molecule has 0 bridgehead atoms. The minimum atomic E-state index is 0.456. The number of rotatable bonds is 4. The van der Waals surface area contributed by atoms with Gasteiger partial charge >= 0.3 is 0 Å². The third kappa shape index (κ3) is 2.17. The summed E-state index contributed by atoms with van der Waals surface area (Å²) in [6, 6.07) is 8.87. The summed E-state index contributed by atoms with van der Waals surface area (Å²) in [5.41, 5.74) is 1.95. The van der Waals surface area contributed by atoms with E-state index in [0.29, 0.717) is 6.04 Å². The standard InChI is InChI=1S/C18H17N5S/c1-10(11-5-6-11)21-18-16-13(7-8-24-16)12-3-2-4-14(15(12)22-18)17-19-9-20-23-17/h2-4,7-11H,5-6H2,1H3,(H,21,22)(H,19,20,23). The zero-order valence-electron chi connectivity index (χ0n) is 13.3. The number of H-pyrrole nitrogens is 1. The minimum absolute atomic E-state index is 0.456. The normalized spacial score (nSPS) is 15.9. The molecule has 1 aliphatic carbocycles. The highest BCUT2D eigenvalue weighted by molar-refractivity contribution is 7.18. The number of para-hydroxylation sites is 1. The van der Waals surface area contributed by atoms with E-state index in [1.807, 2.05) is 6.07 Å². The van der Waals surface area contributed by atoms with Crippen molar-refractivity contribution in [1.29, 1.82) is 0 Å². The predicted molar refractivity (Wildman–Crippen MR) is 98.3 cm³/mol. The maximum Gasteiger partial charge on any atom is 0.157 e. The number of thiophene rings is 1. The SMILES string of the molecule is CC(Nc1nc2c(-c3ncn[nH]3)cccc2c2ccsc12)C1CC1. The molecule has 4 aromatic rings. The number of nitrogens with zero attached hydrogens (tertiary/aromatic N) is 3. The van der Waals surface area contributed by atoms with E-state index in [-0.39, 0.29) is 0 Å². The molecule has 3 aromatic heterocycles. The molecule has 1 saturated carbocycles. The van der Waals surface area contributed by atoms with Crippen LogP contribution in [0.25, 0.3) is 32.4 Å². The highest BCUT2D eigenvalue weighted by atomic mass is 32.1. The van der Waals surface area contributed by atoms with Crippen LogP contribution in [0.1, 0.15) is 19.8 Å². The van der Waals surface area contributed by atoms with Gasteiger partial charge < -0.3 is 5.32 Å². The molecular weight excluding hydrogens is 318 g/mol. The van der Waals surface area contributed by atoms with E-state index in [1.165, 1.54) is 29.3 Å². The number of fused-ring (bicyclic) bond motifs is 3. The second-order valence-corrected chi connectivity index (χ2v) is 7.35. The van der Waals surface area contributed by atoms with Gasteiger partial charge in [0.25, 0.3) is 0 Å². The van der Waals surface area contributed by atoms with Crippen molar-refractivity contribution < 1.29 is 0 Å². The average molecular weight is 335 g/mol.